The highest BCUT2D eigenvalue weighted by Gasteiger charge is 2.32. The Morgan fingerprint density at radius 3 is 2.71 bits per heavy atom. The number of piperidine rings is 1. The van der Waals surface area contributed by atoms with E-state index in [2.05, 4.69) is 44.3 Å². The second-order valence-electron chi connectivity index (χ2n) is 6.25. The molecule has 0 radical (unpaired) electrons. The summed E-state index contributed by atoms with van der Waals surface area (Å²) >= 11 is 1.95. The van der Waals surface area contributed by atoms with Crippen LogP contribution in [0.4, 0.5) is 0 Å². The van der Waals surface area contributed by atoms with Crippen molar-refractivity contribution in [1.82, 2.24) is 10.2 Å². The first-order valence-electron chi connectivity index (χ1n) is 6.87. The molecule has 0 aromatic heterocycles. The van der Waals surface area contributed by atoms with Gasteiger partial charge in [-0.15, -0.1) is 0 Å². The molecule has 1 aliphatic rings. The van der Waals surface area contributed by atoms with Gasteiger partial charge in [0.05, 0.1) is 0 Å². The van der Waals surface area contributed by atoms with Crippen molar-refractivity contribution < 1.29 is 0 Å². The number of nitrogens with zero attached hydrogens (tertiary/aromatic N) is 1. The van der Waals surface area contributed by atoms with Crippen LogP contribution in [-0.2, 0) is 0 Å². The van der Waals surface area contributed by atoms with E-state index in [1.165, 1.54) is 38.2 Å². The van der Waals surface area contributed by atoms with E-state index < -0.39 is 0 Å². The molecule has 2 unspecified atom stereocenters. The Labute approximate surface area is 112 Å². The predicted molar refractivity (Wildman–Crippen MR) is 79.8 cm³/mol. The first kappa shape index (κ1) is 15.3. The van der Waals surface area contributed by atoms with Crippen molar-refractivity contribution in [1.29, 1.82) is 0 Å². The summed E-state index contributed by atoms with van der Waals surface area (Å²) in [7, 11) is 2.28. The number of hydrogen-bond acceptors (Lipinski definition) is 3. The third kappa shape index (κ3) is 4.80. The summed E-state index contributed by atoms with van der Waals surface area (Å²) in [6.07, 6.45) is 4.93. The Kier molecular flexibility index (Phi) is 6.32. The lowest BCUT2D eigenvalue weighted by atomic mass is 9.74. The largest absolute Gasteiger partial charge is 0.316 e. The zero-order valence-electron chi connectivity index (χ0n) is 12.3. The average Bonchev–Trinajstić information content (AvgIpc) is 2.30. The lowest BCUT2D eigenvalue weighted by molar-refractivity contribution is 0.101. The van der Waals surface area contributed by atoms with Gasteiger partial charge < -0.3 is 10.2 Å². The van der Waals surface area contributed by atoms with E-state index in [0.29, 0.717) is 11.5 Å². The summed E-state index contributed by atoms with van der Waals surface area (Å²) < 4.78 is 0. The predicted octanol–water partition coefficient (Wildman–Crippen LogP) is 2.70. The van der Waals surface area contributed by atoms with Gasteiger partial charge in [0.25, 0.3) is 0 Å². The van der Waals surface area contributed by atoms with Crippen LogP contribution in [0.25, 0.3) is 0 Å². The zero-order chi connectivity index (χ0) is 12.9. The smallest absolute Gasteiger partial charge is 0.0155 e. The Bertz CT molecular complexity index is 212. The summed E-state index contributed by atoms with van der Waals surface area (Å²) in [4.78, 5) is 2.53. The Morgan fingerprint density at radius 1 is 1.47 bits per heavy atom. The fourth-order valence-corrected chi connectivity index (χ4v) is 3.55. The molecular formula is C14H30N2S. The van der Waals surface area contributed by atoms with Crippen LogP contribution in [0.15, 0.2) is 0 Å². The van der Waals surface area contributed by atoms with Gasteiger partial charge in [-0.25, -0.2) is 0 Å². The van der Waals surface area contributed by atoms with Crippen molar-refractivity contribution >= 4 is 11.8 Å². The maximum absolute atomic E-state index is 3.55. The molecule has 17 heavy (non-hydrogen) atoms. The molecule has 1 fully saturated rings. The number of rotatable bonds is 6. The monoisotopic (exact) mass is 258 g/mol. The minimum Gasteiger partial charge on any atom is -0.316 e. The second-order valence-corrected chi connectivity index (χ2v) is 7.16. The van der Waals surface area contributed by atoms with E-state index >= 15 is 0 Å². The number of nitrogens with one attached hydrogen (secondary N) is 1. The van der Waals surface area contributed by atoms with Crippen LogP contribution in [0.2, 0.25) is 0 Å². The molecule has 0 aliphatic carbocycles. The zero-order valence-corrected chi connectivity index (χ0v) is 13.1. The Hall–Kier alpha value is 0.270. The van der Waals surface area contributed by atoms with Gasteiger partial charge >= 0.3 is 0 Å². The second kappa shape index (κ2) is 7.01. The summed E-state index contributed by atoms with van der Waals surface area (Å²) in [6.45, 7) is 10.8. The standard InChI is InChI=1S/C14H30N2S/c1-12(10-17-5)16(4)11-14(2,3)13-7-6-8-15-9-13/h12-13,15H,6-11H2,1-5H3. The van der Waals surface area contributed by atoms with Crippen molar-refractivity contribution in [3.05, 3.63) is 0 Å². The van der Waals surface area contributed by atoms with E-state index in [4.69, 9.17) is 0 Å². The molecule has 0 amide bonds. The minimum absolute atomic E-state index is 0.425. The van der Waals surface area contributed by atoms with Gasteiger partial charge in [0.15, 0.2) is 0 Å². The van der Waals surface area contributed by atoms with Gasteiger partial charge in [-0.3, -0.25) is 0 Å². The van der Waals surface area contributed by atoms with E-state index in [9.17, 15) is 0 Å². The quantitative estimate of drug-likeness (QED) is 0.788. The average molecular weight is 258 g/mol. The van der Waals surface area contributed by atoms with E-state index in [0.717, 1.165) is 5.92 Å². The molecule has 0 aromatic rings. The highest BCUT2D eigenvalue weighted by atomic mass is 32.2. The molecular weight excluding hydrogens is 228 g/mol. The van der Waals surface area contributed by atoms with Crippen LogP contribution < -0.4 is 5.32 Å². The number of hydrogen-bond donors (Lipinski definition) is 1. The molecule has 0 saturated carbocycles. The van der Waals surface area contributed by atoms with Crippen LogP contribution in [0.5, 0.6) is 0 Å². The normalized spacial score (nSPS) is 24.0. The van der Waals surface area contributed by atoms with Crippen molar-refractivity contribution in [3.63, 3.8) is 0 Å². The Balaban J connectivity index is 2.46. The molecule has 1 heterocycles. The summed E-state index contributed by atoms with van der Waals surface area (Å²) in [5.74, 6) is 2.07. The SMILES string of the molecule is CSCC(C)N(C)CC(C)(C)C1CCCNC1. The minimum atomic E-state index is 0.425. The van der Waals surface area contributed by atoms with Crippen LogP contribution in [0.3, 0.4) is 0 Å². The topological polar surface area (TPSA) is 15.3 Å². The maximum atomic E-state index is 3.55. The highest BCUT2D eigenvalue weighted by molar-refractivity contribution is 7.98. The molecule has 2 nitrogen and oxygen atoms in total. The first-order valence-corrected chi connectivity index (χ1v) is 8.26. The molecule has 0 spiro atoms. The third-order valence-electron chi connectivity index (χ3n) is 4.22. The van der Waals surface area contributed by atoms with Gasteiger partial charge in [-0.2, -0.15) is 11.8 Å². The van der Waals surface area contributed by atoms with Crippen LogP contribution in [-0.4, -0.2) is 49.6 Å². The molecule has 3 heteroatoms. The van der Waals surface area contributed by atoms with Crippen molar-refractivity contribution in [2.45, 2.75) is 39.7 Å². The van der Waals surface area contributed by atoms with Gasteiger partial charge in [0.1, 0.15) is 0 Å². The molecule has 0 bridgehead atoms. The highest BCUT2D eigenvalue weighted by Crippen LogP contribution is 2.32. The van der Waals surface area contributed by atoms with Gasteiger partial charge in [-0.05, 0) is 57.5 Å². The van der Waals surface area contributed by atoms with Crippen molar-refractivity contribution in [2.24, 2.45) is 11.3 Å². The molecule has 1 N–H and O–H groups in total. The summed E-state index contributed by atoms with van der Waals surface area (Å²) in [5, 5.41) is 3.55. The fraction of sp³-hybridized carbons (Fsp3) is 1.00. The van der Waals surface area contributed by atoms with Crippen LogP contribution in [0.1, 0.15) is 33.6 Å². The van der Waals surface area contributed by atoms with Crippen LogP contribution >= 0.6 is 11.8 Å². The lowest BCUT2D eigenvalue weighted by Crippen LogP contribution is -2.46. The maximum Gasteiger partial charge on any atom is 0.0155 e. The first-order chi connectivity index (χ1) is 7.97. The molecule has 1 rings (SSSR count). The van der Waals surface area contributed by atoms with E-state index in [1.807, 2.05) is 11.8 Å². The summed E-state index contributed by atoms with van der Waals surface area (Å²) in [6, 6.07) is 0.681. The molecule has 0 aromatic carbocycles. The van der Waals surface area contributed by atoms with Crippen molar-refractivity contribution in [3.8, 4) is 0 Å². The van der Waals surface area contributed by atoms with E-state index in [1.54, 1.807) is 0 Å². The third-order valence-corrected chi connectivity index (χ3v) is 5.04. The Morgan fingerprint density at radius 2 is 2.18 bits per heavy atom. The molecule has 2 atom stereocenters. The van der Waals surface area contributed by atoms with E-state index in [-0.39, 0.29) is 0 Å². The molecule has 1 saturated heterocycles. The molecule has 102 valence electrons. The van der Waals surface area contributed by atoms with Gasteiger partial charge in [0, 0.05) is 18.3 Å². The number of thioether (sulfide) groups is 1. The summed E-state index contributed by atoms with van der Waals surface area (Å²) in [5.41, 5.74) is 0.425. The molecule has 1 aliphatic heterocycles. The van der Waals surface area contributed by atoms with Crippen molar-refractivity contribution in [2.75, 3.05) is 38.7 Å². The van der Waals surface area contributed by atoms with Gasteiger partial charge in [-0.1, -0.05) is 13.8 Å². The van der Waals surface area contributed by atoms with Crippen LogP contribution in [0, 0.1) is 11.3 Å². The lowest BCUT2D eigenvalue weighted by Gasteiger charge is -2.41. The fourth-order valence-electron chi connectivity index (χ4n) is 2.82. The van der Waals surface area contributed by atoms with Gasteiger partial charge in [0.2, 0.25) is 0 Å².